The maximum absolute atomic E-state index is 10.8. The van der Waals surface area contributed by atoms with Crippen LogP contribution in [0, 0.1) is 17.8 Å². The van der Waals surface area contributed by atoms with E-state index in [9.17, 15) is 4.21 Å². The van der Waals surface area contributed by atoms with E-state index in [-0.39, 0.29) is 0 Å². The van der Waals surface area contributed by atoms with Crippen molar-refractivity contribution < 1.29 is 4.21 Å². The zero-order valence-electron chi connectivity index (χ0n) is 6.66. The Labute approximate surface area is 70.1 Å². The second kappa shape index (κ2) is 2.87. The Balaban J connectivity index is 1.92. The fraction of sp³-hybridized carbons (Fsp3) is 1.00. The van der Waals surface area contributed by atoms with Gasteiger partial charge in [-0.05, 0) is 37.0 Å². The van der Waals surface area contributed by atoms with Crippen LogP contribution in [0.5, 0.6) is 0 Å². The minimum atomic E-state index is -1.06. The average molecular weight is 173 g/mol. The van der Waals surface area contributed by atoms with Crippen molar-refractivity contribution in [3.63, 3.8) is 0 Å². The van der Waals surface area contributed by atoms with Crippen LogP contribution < -0.4 is 5.14 Å². The molecule has 0 aromatic rings. The lowest BCUT2D eigenvalue weighted by molar-refractivity contribution is 0.363. The highest BCUT2D eigenvalue weighted by Gasteiger charge is 2.39. The monoisotopic (exact) mass is 173 g/mol. The fourth-order valence-electron chi connectivity index (χ4n) is 2.79. The van der Waals surface area contributed by atoms with Crippen LogP contribution in [0.2, 0.25) is 0 Å². The van der Waals surface area contributed by atoms with Gasteiger partial charge in [0.15, 0.2) is 0 Å². The third kappa shape index (κ3) is 1.49. The van der Waals surface area contributed by atoms with Gasteiger partial charge in [-0.3, -0.25) is 5.14 Å². The van der Waals surface area contributed by atoms with Gasteiger partial charge in [0.05, 0.1) is 11.0 Å². The van der Waals surface area contributed by atoms with E-state index in [1.807, 2.05) is 0 Å². The average Bonchev–Trinajstić information content (AvgIpc) is 2.45. The van der Waals surface area contributed by atoms with Crippen molar-refractivity contribution in [2.75, 3.05) is 5.75 Å². The largest absolute Gasteiger partial charge is 0.252 e. The van der Waals surface area contributed by atoms with Crippen molar-refractivity contribution in [3.8, 4) is 0 Å². The van der Waals surface area contributed by atoms with Crippen molar-refractivity contribution >= 4 is 11.0 Å². The molecule has 0 amide bonds. The summed E-state index contributed by atoms with van der Waals surface area (Å²) in [6, 6.07) is 0. The van der Waals surface area contributed by atoms with E-state index in [4.69, 9.17) is 5.14 Å². The molecular weight excluding hydrogens is 158 g/mol. The first kappa shape index (κ1) is 7.74. The molecule has 2 rings (SSSR count). The van der Waals surface area contributed by atoms with Gasteiger partial charge < -0.3 is 0 Å². The van der Waals surface area contributed by atoms with Gasteiger partial charge in [0, 0.05) is 5.75 Å². The molecule has 0 heterocycles. The Kier molecular flexibility index (Phi) is 2.02. The number of hydrogen-bond donors (Lipinski definition) is 1. The standard InChI is InChI=1S/C8H15NOS/c9-11(10)5-8-4-6-1-2-7(8)3-6/h6-8H,1-5,9H2. The van der Waals surface area contributed by atoms with Gasteiger partial charge >= 0.3 is 0 Å². The van der Waals surface area contributed by atoms with Gasteiger partial charge in [0.25, 0.3) is 0 Å². The quantitative estimate of drug-likeness (QED) is 0.666. The number of fused-ring (bicyclic) bond motifs is 2. The second-order valence-electron chi connectivity index (χ2n) is 3.98. The Bertz CT molecular complexity index is 183. The normalized spacial score (nSPS) is 44.6. The van der Waals surface area contributed by atoms with Gasteiger partial charge in [-0.1, -0.05) is 6.42 Å². The topological polar surface area (TPSA) is 43.1 Å². The lowest BCUT2D eigenvalue weighted by atomic mass is 9.90. The maximum Gasteiger partial charge on any atom is 0.0890 e. The zero-order chi connectivity index (χ0) is 7.84. The summed E-state index contributed by atoms with van der Waals surface area (Å²) in [6.45, 7) is 0. The van der Waals surface area contributed by atoms with Crippen LogP contribution in [0.25, 0.3) is 0 Å². The zero-order valence-corrected chi connectivity index (χ0v) is 7.48. The van der Waals surface area contributed by atoms with Crippen LogP contribution in [-0.4, -0.2) is 9.96 Å². The van der Waals surface area contributed by atoms with Gasteiger partial charge in [0.2, 0.25) is 0 Å². The van der Waals surface area contributed by atoms with E-state index in [0.717, 1.165) is 17.6 Å². The molecule has 11 heavy (non-hydrogen) atoms. The maximum atomic E-state index is 10.8. The predicted octanol–water partition coefficient (Wildman–Crippen LogP) is 1.04. The second-order valence-corrected chi connectivity index (χ2v) is 5.08. The van der Waals surface area contributed by atoms with Crippen LogP contribution in [0.1, 0.15) is 25.7 Å². The molecule has 3 heteroatoms. The molecule has 2 fully saturated rings. The minimum Gasteiger partial charge on any atom is -0.252 e. The summed E-state index contributed by atoms with van der Waals surface area (Å²) < 4.78 is 10.8. The Morgan fingerprint density at radius 2 is 2.18 bits per heavy atom. The third-order valence-electron chi connectivity index (χ3n) is 3.26. The molecule has 64 valence electrons. The van der Waals surface area contributed by atoms with Crippen molar-refractivity contribution in [3.05, 3.63) is 0 Å². The Morgan fingerprint density at radius 3 is 2.64 bits per heavy atom. The summed E-state index contributed by atoms with van der Waals surface area (Å²) in [5.74, 6) is 3.27. The lowest BCUT2D eigenvalue weighted by Crippen LogP contribution is -2.21. The first-order chi connectivity index (χ1) is 5.25. The molecule has 4 atom stereocenters. The molecule has 2 bridgehead atoms. The summed E-state index contributed by atoms with van der Waals surface area (Å²) in [7, 11) is -1.06. The molecule has 0 radical (unpaired) electrons. The lowest BCUT2D eigenvalue weighted by Gasteiger charge is -2.19. The SMILES string of the molecule is NS(=O)CC1CC2CCC1C2. The van der Waals surface area contributed by atoms with Crippen LogP contribution in [0.3, 0.4) is 0 Å². The molecule has 2 saturated carbocycles. The smallest absolute Gasteiger partial charge is 0.0890 e. The summed E-state index contributed by atoms with van der Waals surface area (Å²) in [5.41, 5.74) is 0. The van der Waals surface area contributed by atoms with E-state index in [2.05, 4.69) is 0 Å². The number of nitrogens with two attached hydrogens (primary N) is 1. The molecule has 4 unspecified atom stereocenters. The van der Waals surface area contributed by atoms with Gasteiger partial charge in [-0.25, -0.2) is 4.21 Å². The first-order valence-corrected chi connectivity index (χ1v) is 5.76. The molecule has 2 aliphatic carbocycles. The van der Waals surface area contributed by atoms with Crippen LogP contribution >= 0.6 is 0 Å². The van der Waals surface area contributed by atoms with Gasteiger partial charge in [-0.15, -0.1) is 0 Å². The van der Waals surface area contributed by atoms with Crippen molar-refractivity contribution in [2.24, 2.45) is 22.9 Å². The number of hydrogen-bond acceptors (Lipinski definition) is 1. The summed E-state index contributed by atoms with van der Waals surface area (Å²) in [6.07, 6.45) is 5.47. The molecule has 2 N–H and O–H groups in total. The molecule has 0 aromatic carbocycles. The van der Waals surface area contributed by atoms with Crippen molar-refractivity contribution in [1.29, 1.82) is 0 Å². The molecule has 2 nitrogen and oxygen atoms in total. The van der Waals surface area contributed by atoms with Gasteiger partial charge in [-0.2, -0.15) is 0 Å². The van der Waals surface area contributed by atoms with Crippen molar-refractivity contribution in [2.45, 2.75) is 25.7 Å². The van der Waals surface area contributed by atoms with E-state index >= 15 is 0 Å². The molecule has 0 saturated heterocycles. The highest BCUT2D eigenvalue weighted by atomic mass is 32.2. The van der Waals surface area contributed by atoms with Crippen LogP contribution in [0.4, 0.5) is 0 Å². The number of rotatable bonds is 2. The molecule has 0 aliphatic heterocycles. The fourth-order valence-corrected chi connectivity index (χ4v) is 3.62. The van der Waals surface area contributed by atoms with Crippen LogP contribution in [0.15, 0.2) is 0 Å². The molecule has 2 aliphatic rings. The van der Waals surface area contributed by atoms with Gasteiger partial charge in [0.1, 0.15) is 0 Å². The third-order valence-corrected chi connectivity index (χ3v) is 4.02. The summed E-state index contributed by atoms with van der Waals surface area (Å²) >= 11 is 0. The van der Waals surface area contributed by atoms with E-state index in [1.54, 1.807) is 0 Å². The molecular formula is C8H15NOS. The molecule has 0 spiro atoms. The highest BCUT2D eigenvalue weighted by Crippen LogP contribution is 2.48. The van der Waals surface area contributed by atoms with E-state index in [0.29, 0.717) is 5.92 Å². The highest BCUT2D eigenvalue weighted by molar-refractivity contribution is 7.82. The minimum absolute atomic E-state index is 0.694. The Hall–Kier alpha value is 0.110. The Morgan fingerprint density at radius 1 is 1.36 bits per heavy atom. The molecule has 0 aromatic heterocycles. The van der Waals surface area contributed by atoms with Crippen molar-refractivity contribution in [1.82, 2.24) is 0 Å². The van der Waals surface area contributed by atoms with Crippen LogP contribution in [-0.2, 0) is 11.0 Å². The van der Waals surface area contributed by atoms with E-state index < -0.39 is 11.0 Å². The summed E-state index contributed by atoms with van der Waals surface area (Å²) in [5, 5.41) is 5.28. The predicted molar refractivity (Wildman–Crippen MR) is 46.1 cm³/mol. The first-order valence-electron chi connectivity index (χ1n) is 4.38. The van der Waals surface area contributed by atoms with E-state index in [1.165, 1.54) is 25.7 Å². The summed E-state index contributed by atoms with van der Waals surface area (Å²) in [4.78, 5) is 0.